The molecule has 13 nitrogen and oxygen atoms in total. The van der Waals surface area contributed by atoms with Gasteiger partial charge in [0.05, 0.1) is 56.4 Å². The summed E-state index contributed by atoms with van der Waals surface area (Å²) < 4.78 is 0. The lowest BCUT2D eigenvalue weighted by Gasteiger charge is -2.34. The van der Waals surface area contributed by atoms with Gasteiger partial charge < -0.3 is 24.8 Å². The Morgan fingerprint density at radius 2 is 1.37 bits per heavy atom. The molecule has 1 aliphatic heterocycles. The number of aryl methyl sites for hydroxylation is 1. The second-order valence-corrected chi connectivity index (χ2v) is 17.8. The third-order valence-electron chi connectivity index (χ3n) is 13.9. The van der Waals surface area contributed by atoms with Crippen LogP contribution in [0.3, 0.4) is 0 Å². The number of H-pyrrole nitrogens is 4. The van der Waals surface area contributed by atoms with Crippen molar-refractivity contribution in [2.75, 3.05) is 11.4 Å². The van der Waals surface area contributed by atoms with Crippen LogP contribution >= 0.6 is 0 Å². The van der Waals surface area contributed by atoms with Gasteiger partial charge in [-0.05, 0) is 73.0 Å². The average Bonchev–Trinajstić information content (AvgIpc) is 4.25. The van der Waals surface area contributed by atoms with E-state index in [2.05, 4.69) is 138 Å². The predicted molar refractivity (Wildman–Crippen MR) is 278 cm³/mol. The Morgan fingerprint density at radius 1 is 0.543 bits per heavy atom. The van der Waals surface area contributed by atoms with Gasteiger partial charge in [-0.3, -0.25) is 0 Å². The first kappa shape index (κ1) is 38.5. The second kappa shape index (κ2) is 14.9. The summed E-state index contributed by atoms with van der Waals surface area (Å²) in [6.45, 7) is 0.761. The van der Waals surface area contributed by atoms with Crippen molar-refractivity contribution >= 4 is 88.1 Å². The highest BCUT2D eigenvalue weighted by atomic mass is 15.2. The number of nitrogens with one attached hydrogen (secondary N) is 4. The first-order chi connectivity index (χ1) is 34.7. The van der Waals surface area contributed by atoms with Gasteiger partial charge >= 0.3 is 0 Å². The van der Waals surface area contributed by atoms with Crippen LogP contribution in [-0.4, -0.2) is 66.6 Å². The summed E-state index contributed by atoms with van der Waals surface area (Å²) in [5.41, 5.74) is 17.2. The molecule has 0 bridgehead atoms. The van der Waals surface area contributed by atoms with Crippen molar-refractivity contribution < 1.29 is 0 Å². The van der Waals surface area contributed by atoms with E-state index in [0.717, 1.165) is 136 Å². The summed E-state index contributed by atoms with van der Waals surface area (Å²) in [5, 5.41) is 14.9. The molecule has 0 atom stereocenters. The number of aromatic amines is 4. The Balaban J connectivity index is 1.19. The summed E-state index contributed by atoms with van der Waals surface area (Å²) in [4.78, 5) is 48.2. The first-order valence-electron chi connectivity index (χ1n) is 23.4. The molecule has 9 heterocycles. The number of hydrogen-bond acceptors (Lipinski definition) is 9. The van der Waals surface area contributed by atoms with E-state index in [4.69, 9.17) is 30.1 Å². The van der Waals surface area contributed by atoms with E-state index in [1.807, 2.05) is 42.6 Å². The normalized spacial score (nSPS) is 12.9. The second-order valence-electron chi connectivity index (χ2n) is 17.8. The molecule has 330 valence electrons. The van der Waals surface area contributed by atoms with Gasteiger partial charge in [-0.15, -0.1) is 10.2 Å². The van der Waals surface area contributed by atoms with Gasteiger partial charge in [-0.2, -0.15) is 0 Å². The summed E-state index contributed by atoms with van der Waals surface area (Å²) in [5.74, 6) is 1.13. The third kappa shape index (κ3) is 5.78. The number of pyridine rings is 1. The van der Waals surface area contributed by atoms with E-state index in [9.17, 15) is 0 Å². The number of fused-ring (bicyclic) bond motifs is 10. The van der Waals surface area contributed by atoms with Gasteiger partial charge in [0.15, 0.2) is 11.5 Å². The van der Waals surface area contributed by atoms with Crippen LogP contribution in [0.1, 0.15) is 12.0 Å². The molecule has 70 heavy (non-hydrogen) atoms. The van der Waals surface area contributed by atoms with Gasteiger partial charge in [0.25, 0.3) is 0 Å². The molecule has 8 aromatic heterocycles. The summed E-state index contributed by atoms with van der Waals surface area (Å²) in [7, 11) is 0. The van der Waals surface area contributed by atoms with Gasteiger partial charge in [0, 0.05) is 91.2 Å². The minimum absolute atomic E-state index is 0.379. The highest BCUT2D eigenvalue weighted by molar-refractivity contribution is 6.27. The fourth-order valence-corrected chi connectivity index (χ4v) is 10.8. The molecule has 0 saturated heterocycles. The van der Waals surface area contributed by atoms with E-state index in [1.165, 1.54) is 5.56 Å². The molecule has 1 aliphatic rings. The molecule has 14 aromatic rings. The van der Waals surface area contributed by atoms with Crippen LogP contribution in [0, 0.1) is 0 Å². The van der Waals surface area contributed by atoms with Crippen molar-refractivity contribution in [3.63, 3.8) is 0 Å². The molecule has 0 saturated carbocycles. The number of aromatic nitrogens is 12. The number of rotatable bonds is 6. The van der Waals surface area contributed by atoms with Crippen LogP contribution in [0.4, 0.5) is 11.4 Å². The highest BCUT2D eigenvalue weighted by Crippen LogP contribution is 2.53. The lowest BCUT2D eigenvalue weighted by Crippen LogP contribution is -2.25. The SMILES string of the molecule is c1c[nH]c(-c2cc3[nH]c4c(-c5cccc6c5[nH]c5ccccc56)nc(-c5ncc6nccnc6n5)c(-c5cc6ccccc6nn5)c4c3c(N3CCCc4ccccc43)c2-c2nc3ccccc3[nH]2)c1. The quantitative estimate of drug-likeness (QED) is 0.127. The van der Waals surface area contributed by atoms with Crippen molar-refractivity contribution in [1.29, 1.82) is 0 Å². The summed E-state index contributed by atoms with van der Waals surface area (Å²) in [6, 6.07) is 48.4. The molecule has 0 fully saturated rings. The highest BCUT2D eigenvalue weighted by Gasteiger charge is 2.33. The average molecular weight is 904 g/mol. The van der Waals surface area contributed by atoms with Crippen molar-refractivity contribution in [3.05, 3.63) is 170 Å². The molecule has 13 heteroatoms. The topological polar surface area (TPSA) is 170 Å². The third-order valence-corrected chi connectivity index (χ3v) is 13.9. The minimum atomic E-state index is 0.379. The minimum Gasteiger partial charge on any atom is -0.361 e. The first-order valence-corrected chi connectivity index (χ1v) is 23.4. The van der Waals surface area contributed by atoms with Crippen molar-refractivity contribution in [3.8, 4) is 56.7 Å². The van der Waals surface area contributed by atoms with Crippen LogP contribution in [-0.2, 0) is 6.42 Å². The Morgan fingerprint density at radius 3 is 2.30 bits per heavy atom. The van der Waals surface area contributed by atoms with E-state index < -0.39 is 0 Å². The standard InChI is InChI=1S/C57H37N13/c1-4-18-37-32(13-1)28-43(69-68-37)47-49-48-42(29-36(38-22-10-24-58-38)46(56-64-40-20-6-7-21-41(40)65-56)54(48)70-27-11-14-31-12-2-8-23-45(31)70)63-52(49)51(66-53(47)57-61-30-44-55(67-57)60-26-25-59-44)35-17-9-16-34-33-15-3-5-19-39(33)62-50(34)35/h1-10,12-13,15-26,28-30,58,62-63H,11,14,27H2,(H,64,65). The smallest absolute Gasteiger partial charge is 0.181 e. The molecular weight excluding hydrogens is 867 g/mol. The Hall–Kier alpha value is -9.62. The zero-order chi connectivity index (χ0) is 45.9. The maximum atomic E-state index is 5.75. The van der Waals surface area contributed by atoms with Gasteiger partial charge in [0.1, 0.15) is 17.0 Å². The maximum Gasteiger partial charge on any atom is 0.181 e. The zero-order valence-corrected chi connectivity index (χ0v) is 37.2. The molecule has 4 N–H and O–H groups in total. The molecule has 0 aliphatic carbocycles. The number of benzene rings is 6. The maximum absolute atomic E-state index is 5.75. The number of para-hydroxylation sites is 5. The number of imidazole rings is 1. The van der Waals surface area contributed by atoms with Crippen LogP contribution in [0.5, 0.6) is 0 Å². The molecular formula is C57H37N13. The predicted octanol–water partition coefficient (Wildman–Crippen LogP) is 12.7. The van der Waals surface area contributed by atoms with Crippen molar-refractivity contribution in [1.82, 2.24) is 60.0 Å². The monoisotopic (exact) mass is 903 g/mol. The van der Waals surface area contributed by atoms with E-state index in [-0.39, 0.29) is 0 Å². The van der Waals surface area contributed by atoms with E-state index in [1.54, 1.807) is 18.6 Å². The Bertz CT molecular complexity index is 4400. The van der Waals surface area contributed by atoms with E-state index >= 15 is 0 Å². The summed E-state index contributed by atoms with van der Waals surface area (Å²) >= 11 is 0. The molecule has 0 radical (unpaired) electrons. The Labute approximate surface area is 397 Å². The zero-order valence-electron chi connectivity index (χ0n) is 37.2. The van der Waals surface area contributed by atoms with E-state index in [0.29, 0.717) is 28.4 Å². The van der Waals surface area contributed by atoms with Crippen molar-refractivity contribution in [2.24, 2.45) is 0 Å². The fraction of sp³-hybridized carbons (Fsp3) is 0.0526. The number of hydrogen-bond donors (Lipinski definition) is 4. The van der Waals surface area contributed by atoms with Gasteiger partial charge in [-0.25, -0.2) is 29.9 Å². The molecule has 0 amide bonds. The number of anilines is 2. The number of nitrogens with zero attached hydrogens (tertiary/aromatic N) is 9. The van der Waals surface area contributed by atoms with Gasteiger partial charge in [0.2, 0.25) is 0 Å². The van der Waals surface area contributed by atoms with Crippen LogP contribution in [0.25, 0.3) is 133 Å². The molecule has 0 spiro atoms. The van der Waals surface area contributed by atoms with Crippen LogP contribution < -0.4 is 4.90 Å². The summed E-state index contributed by atoms with van der Waals surface area (Å²) in [6.07, 6.45) is 8.91. The molecule has 0 unspecified atom stereocenters. The lowest BCUT2D eigenvalue weighted by molar-refractivity contribution is 0.769. The fourth-order valence-electron chi connectivity index (χ4n) is 10.8. The van der Waals surface area contributed by atoms with Crippen LogP contribution in [0.15, 0.2) is 164 Å². The molecule has 15 rings (SSSR count). The largest absolute Gasteiger partial charge is 0.361 e. The van der Waals surface area contributed by atoms with Gasteiger partial charge in [-0.1, -0.05) is 84.9 Å². The Kier molecular flexibility index (Phi) is 8.21. The van der Waals surface area contributed by atoms with Crippen LogP contribution in [0.2, 0.25) is 0 Å². The van der Waals surface area contributed by atoms with Crippen molar-refractivity contribution in [2.45, 2.75) is 12.8 Å². The molecule has 6 aromatic carbocycles. The lowest BCUT2D eigenvalue weighted by atomic mass is 9.91.